The van der Waals surface area contributed by atoms with E-state index in [0.717, 1.165) is 25.7 Å². The molecule has 0 aromatic heterocycles. The van der Waals surface area contributed by atoms with Gasteiger partial charge < -0.3 is 10.5 Å². The number of carbonyl (C=O) groups is 1. The van der Waals surface area contributed by atoms with Gasteiger partial charge >= 0.3 is 5.97 Å². The molecule has 0 aliphatic heterocycles. The van der Waals surface area contributed by atoms with Crippen molar-refractivity contribution in [2.45, 2.75) is 57.6 Å². The van der Waals surface area contributed by atoms with Crippen LogP contribution in [0.3, 0.4) is 0 Å². The molecule has 0 heterocycles. The van der Waals surface area contributed by atoms with E-state index < -0.39 is 6.04 Å². The molecule has 1 saturated carbocycles. The molecule has 0 spiro atoms. The molecular weight excluding hydrogens is 202 g/mol. The third kappa shape index (κ3) is 3.53. The molecule has 1 fully saturated rings. The van der Waals surface area contributed by atoms with Gasteiger partial charge in [-0.15, -0.1) is 12.3 Å². The van der Waals surface area contributed by atoms with Crippen molar-refractivity contribution in [3.63, 3.8) is 0 Å². The van der Waals surface area contributed by atoms with E-state index in [4.69, 9.17) is 16.9 Å². The first-order chi connectivity index (χ1) is 7.69. The van der Waals surface area contributed by atoms with E-state index in [9.17, 15) is 4.79 Å². The monoisotopic (exact) mass is 223 g/mol. The van der Waals surface area contributed by atoms with E-state index in [1.54, 1.807) is 0 Å². The molecule has 90 valence electrons. The molecule has 0 bridgehead atoms. The summed E-state index contributed by atoms with van der Waals surface area (Å²) < 4.78 is 5.45. The van der Waals surface area contributed by atoms with Gasteiger partial charge in [0, 0.05) is 6.42 Å². The Morgan fingerprint density at radius 3 is 2.88 bits per heavy atom. The zero-order valence-electron chi connectivity index (χ0n) is 9.95. The fourth-order valence-corrected chi connectivity index (χ4v) is 2.24. The van der Waals surface area contributed by atoms with Crippen molar-refractivity contribution in [1.82, 2.24) is 0 Å². The lowest BCUT2D eigenvalue weighted by molar-refractivity contribution is -0.155. The van der Waals surface area contributed by atoms with Crippen molar-refractivity contribution in [2.75, 3.05) is 0 Å². The molecule has 3 heteroatoms. The average molecular weight is 223 g/mol. The second-order valence-corrected chi connectivity index (χ2v) is 4.44. The largest absolute Gasteiger partial charge is 0.461 e. The van der Waals surface area contributed by atoms with E-state index in [2.05, 4.69) is 12.8 Å². The summed E-state index contributed by atoms with van der Waals surface area (Å²) in [4.78, 5) is 11.6. The molecular formula is C13H21NO2. The number of ether oxygens (including phenoxy) is 1. The van der Waals surface area contributed by atoms with Crippen LogP contribution in [0.1, 0.15) is 45.4 Å². The number of hydrogen-bond donors (Lipinski definition) is 1. The highest BCUT2D eigenvalue weighted by molar-refractivity contribution is 5.76. The number of hydrogen-bond acceptors (Lipinski definition) is 3. The van der Waals surface area contributed by atoms with E-state index in [-0.39, 0.29) is 18.5 Å². The molecule has 0 radical (unpaired) electrons. The number of nitrogens with two attached hydrogens (primary N) is 1. The smallest absolute Gasteiger partial charge is 0.324 e. The minimum Gasteiger partial charge on any atom is -0.461 e. The maximum absolute atomic E-state index is 11.6. The lowest BCUT2D eigenvalue weighted by atomic mass is 9.85. The van der Waals surface area contributed by atoms with Gasteiger partial charge in [0.1, 0.15) is 12.1 Å². The van der Waals surface area contributed by atoms with Crippen LogP contribution in [0.2, 0.25) is 0 Å². The Morgan fingerprint density at radius 2 is 2.25 bits per heavy atom. The van der Waals surface area contributed by atoms with Gasteiger partial charge in [0.05, 0.1) is 0 Å². The first-order valence-electron chi connectivity index (χ1n) is 6.08. The molecule has 16 heavy (non-hydrogen) atoms. The summed E-state index contributed by atoms with van der Waals surface area (Å²) in [7, 11) is 0. The minimum atomic E-state index is -0.663. The molecule has 3 atom stereocenters. The van der Waals surface area contributed by atoms with E-state index in [1.807, 2.05) is 0 Å². The molecule has 3 unspecified atom stereocenters. The summed E-state index contributed by atoms with van der Waals surface area (Å²) in [5.74, 6) is 2.54. The van der Waals surface area contributed by atoms with Crippen LogP contribution >= 0.6 is 0 Å². The molecule has 0 aromatic rings. The summed E-state index contributed by atoms with van der Waals surface area (Å²) in [6.45, 7) is 2.14. The Balaban J connectivity index is 2.45. The van der Waals surface area contributed by atoms with Crippen molar-refractivity contribution < 1.29 is 9.53 Å². The van der Waals surface area contributed by atoms with Gasteiger partial charge in [-0.05, 0) is 31.6 Å². The molecule has 2 N–H and O–H groups in total. The molecule has 3 nitrogen and oxygen atoms in total. The molecule has 1 aliphatic rings. The topological polar surface area (TPSA) is 52.3 Å². The third-order valence-electron chi connectivity index (χ3n) is 3.27. The van der Waals surface area contributed by atoms with E-state index in [1.165, 1.54) is 6.42 Å². The van der Waals surface area contributed by atoms with Crippen LogP contribution in [0.5, 0.6) is 0 Å². The summed E-state index contributed by atoms with van der Waals surface area (Å²) in [6, 6.07) is -0.663. The number of esters is 1. The molecule has 0 amide bonds. The third-order valence-corrected chi connectivity index (χ3v) is 3.27. The van der Waals surface area contributed by atoms with Gasteiger partial charge in [-0.3, -0.25) is 4.79 Å². The highest BCUT2D eigenvalue weighted by Gasteiger charge is 2.28. The van der Waals surface area contributed by atoms with Gasteiger partial charge in [0.15, 0.2) is 0 Å². The lowest BCUT2D eigenvalue weighted by Gasteiger charge is -2.31. The minimum absolute atomic E-state index is 0.0510. The van der Waals surface area contributed by atoms with Crippen LogP contribution in [0.4, 0.5) is 0 Å². The zero-order valence-corrected chi connectivity index (χ0v) is 9.95. The lowest BCUT2D eigenvalue weighted by Crippen LogP contribution is -2.38. The summed E-state index contributed by atoms with van der Waals surface area (Å²) in [5.41, 5.74) is 5.61. The van der Waals surface area contributed by atoms with Crippen molar-refractivity contribution >= 4 is 5.97 Å². The number of rotatable bonds is 4. The van der Waals surface area contributed by atoms with Crippen LogP contribution in [0, 0.1) is 18.3 Å². The molecule has 0 saturated heterocycles. The fourth-order valence-electron chi connectivity index (χ4n) is 2.24. The van der Waals surface area contributed by atoms with Crippen LogP contribution < -0.4 is 5.73 Å². The van der Waals surface area contributed by atoms with Gasteiger partial charge in [0.25, 0.3) is 0 Å². The standard InChI is InChI=1S/C13H21NO2/c1-3-7-11(14)13(15)16-12-9-6-5-8-10(12)4-2/h1,10-12H,4-9,14H2,2H3. The highest BCUT2D eigenvalue weighted by atomic mass is 16.5. The number of carbonyl (C=O) groups excluding carboxylic acids is 1. The molecule has 1 aliphatic carbocycles. The van der Waals surface area contributed by atoms with E-state index in [0.29, 0.717) is 5.92 Å². The predicted molar refractivity (Wildman–Crippen MR) is 63.6 cm³/mol. The Morgan fingerprint density at radius 1 is 1.56 bits per heavy atom. The summed E-state index contributed by atoms with van der Waals surface area (Å²) in [5, 5.41) is 0. The van der Waals surface area contributed by atoms with Gasteiger partial charge in [-0.25, -0.2) is 0 Å². The zero-order chi connectivity index (χ0) is 12.0. The average Bonchev–Trinajstić information content (AvgIpc) is 2.30. The number of terminal acetylenes is 1. The van der Waals surface area contributed by atoms with E-state index >= 15 is 0 Å². The Hall–Kier alpha value is -1.01. The van der Waals surface area contributed by atoms with Gasteiger partial charge in [-0.1, -0.05) is 13.3 Å². The van der Waals surface area contributed by atoms with Crippen LogP contribution in [0.15, 0.2) is 0 Å². The predicted octanol–water partition coefficient (Wildman–Crippen LogP) is 1.85. The first-order valence-corrected chi connectivity index (χ1v) is 6.08. The SMILES string of the molecule is C#CCC(N)C(=O)OC1CCCCC1CC. The quantitative estimate of drug-likeness (QED) is 0.584. The van der Waals surface area contributed by atoms with Crippen molar-refractivity contribution in [3.8, 4) is 12.3 Å². The van der Waals surface area contributed by atoms with Crippen molar-refractivity contribution in [1.29, 1.82) is 0 Å². The first kappa shape index (κ1) is 13.1. The Labute approximate surface area is 97.7 Å². The fraction of sp³-hybridized carbons (Fsp3) is 0.769. The van der Waals surface area contributed by atoms with Gasteiger partial charge in [-0.2, -0.15) is 0 Å². The Bertz CT molecular complexity index is 270. The van der Waals surface area contributed by atoms with Crippen LogP contribution in [-0.4, -0.2) is 18.1 Å². The Kier molecular flexibility index (Phi) is 5.34. The van der Waals surface area contributed by atoms with Crippen LogP contribution in [0.25, 0.3) is 0 Å². The molecule has 0 aromatic carbocycles. The van der Waals surface area contributed by atoms with Crippen LogP contribution in [-0.2, 0) is 9.53 Å². The summed E-state index contributed by atoms with van der Waals surface area (Å²) in [6.07, 6.45) is 11.0. The highest BCUT2D eigenvalue weighted by Crippen LogP contribution is 2.29. The molecule has 1 rings (SSSR count). The second-order valence-electron chi connectivity index (χ2n) is 4.44. The second kappa shape index (κ2) is 6.55. The maximum atomic E-state index is 11.6. The normalized spacial score (nSPS) is 26.8. The van der Waals surface area contributed by atoms with Crippen molar-refractivity contribution in [2.24, 2.45) is 11.7 Å². The van der Waals surface area contributed by atoms with Crippen molar-refractivity contribution in [3.05, 3.63) is 0 Å². The van der Waals surface area contributed by atoms with Gasteiger partial charge in [0.2, 0.25) is 0 Å². The summed E-state index contributed by atoms with van der Waals surface area (Å²) >= 11 is 0. The maximum Gasteiger partial charge on any atom is 0.324 e.